The van der Waals surface area contributed by atoms with Crippen LogP contribution in [0.2, 0.25) is 0 Å². The highest BCUT2D eigenvalue weighted by molar-refractivity contribution is 7.99. The van der Waals surface area contributed by atoms with E-state index in [1.165, 1.54) is 0 Å². The van der Waals surface area contributed by atoms with Crippen molar-refractivity contribution >= 4 is 36.3 Å². The van der Waals surface area contributed by atoms with Crippen molar-refractivity contribution in [2.75, 3.05) is 25.8 Å². The Labute approximate surface area is 188 Å². The zero-order valence-electron chi connectivity index (χ0n) is 17.8. The van der Waals surface area contributed by atoms with Crippen LogP contribution in [0.3, 0.4) is 0 Å². The van der Waals surface area contributed by atoms with Gasteiger partial charge in [-0.05, 0) is 56.2 Å². The molecule has 0 aliphatic carbocycles. The van der Waals surface area contributed by atoms with Gasteiger partial charge in [-0.2, -0.15) is 0 Å². The summed E-state index contributed by atoms with van der Waals surface area (Å²) in [5, 5.41) is 0. The summed E-state index contributed by atoms with van der Waals surface area (Å²) < 4.78 is 15.0. The van der Waals surface area contributed by atoms with Gasteiger partial charge in [-0.1, -0.05) is 36.0 Å². The van der Waals surface area contributed by atoms with Crippen LogP contribution in [0, 0.1) is 0 Å². The van der Waals surface area contributed by atoms with E-state index in [2.05, 4.69) is 12.6 Å². The summed E-state index contributed by atoms with van der Waals surface area (Å²) in [4.78, 5) is 24.4. The Hall–Kier alpha value is -1.96. The Bertz CT molecular complexity index is 745. The van der Waals surface area contributed by atoms with E-state index in [0.717, 1.165) is 27.5 Å². The van der Waals surface area contributed by atoms with Crippen molar-refractivity contribution in [1.29, 1.82) is 0 Å². The van der Waals surface area contributed by atoms with Crippen LogP contribution in [0.15, 0.2) is 58.3 Å². The average Bonchev–Trinajstić information content (AvgIpc) is 2.72. The number of ether oxygens (including phenoxy) is 3. The summed E-state index contributed by atoms with van der Waals surface area (Å²) in [6, 6.07) is 15.4. The van der Waals surface area contributed by atoms with Gasteiger partial charge in [-0.15, -0.1) is 12.6 Å². The molecule has 2 aromatic rings. The first-order valence-electron chi connectivity index (χ1n) is 9.87. The van der Waals surface area contributed by atoms with Gasteiger partial charge in [-0.3, -0.25) is 9.59 Å². The fourth-order valence-electron chi connectivity index (χ4n) is 2.27. The van der Waals surface area contributed by atoms with E-state index in [0.29, 0.717) is 32.0 Å². The zero-order valence-corrected chi connectivity index (χ0v) is 19.5. The third-order valence-electron chi connectivity index (χ3n) is 3.68. The number of thioether (sulfide) groups is 1. The molecule has 2 rings (SSSR count). The fraction of sp³-hybridized carbons (Fsp3) is 0.391. The van der Waals surface area contributed by atoms with Gasteiger partial charge in [0.15, 0.2) is 0 Å². The average molecular weight is 451 g/mol. The van der Waals surface area contributed by atoms with Gasteiger partial charge in [0.1, 0.15) is 0 Å². The van der Waals surface area contributed by atoms with Crippen LogP contribution >= 0.6 is 24.4 Å². The molecule has 0 aliphatic rings. The Morgan fingerprint density at radius 2 is 1.23 bits per heavy atom. The molecule has 0 bridgehead atoms. The Balaban J connectivity index is 0.000000311. The highest BCUT2D eigenvalue weighted by atomic mass is 32.2. The second kappa shape index (κ2) is 15.8. The van der Waals surface area contributed by atoms with Crippen molar-refractivity contribution in [3.63, 3.8) is 0 Å². The van der Waals surface area contributed by atoms with Crippen LogP contribution in [0.4, 0.5) is 0 Å². The summed E-state index contributed by atoms with van der Waals surface area (Å²) in [5.41, 5.74) is 1.93. The molecule has 0 N–H and O–H groups in total. The summed E-state index contributed by atoms with van der Waals surface area (Å²) in [6.07, 6.45) is 0.673. The smallest absolute Gasteiger partial charge is 0.310 e. The summed E-state index contributed by atoms with van der Waals surface area (Å²) in [5.74, 6) is 0.296. The molecular formula is C23H30O5S2. The molecule has 0 fully saturated rings. The van der Waals surface area contributed by atoms with E-state index in [1.54, 1.807) is 18.7 Å². The summed E-state index contributed by atoms with van der Waals surface area (Å²) in [6.45, 7) is 7.18. The summed E-state index contributed by atoms with van der Waals surface area (Å²) in [7, 11) is 0. The molecule has 7 heteroatoms. The van der Waals surface area contributed by atoms with E-state index in [9.17, 15) is 9.59 Å². The Kier molecular flexibility index (Phi) is 13.8. The Morgan fingerprint density at radius 1 is 0.767 bits per heavy atom. The molecule has 30 heavy (non-hydrogen) atoms. The van der Waals surface area contributed by atoms with Crippen molar-refractivity contribution < 1.29 is 23.8 Å². The number of hydrogen-bond acceptors (Lipinski definition) is 7. The van der Waals surface area contributed by atoms with Crippen molar-refractivity contribution in [2.24, 2.45) is 0 Å². The number of thiol groups is 1. The molecule has 2 aromatic carbocycles. The van der Waals surface area contributed by atoms with Crippen molar-refractivity contribution in [3.8, 4) is 0 Å². The molecule has 0 saturated carbocycles. The van der Waals surface area contributed by atoms with Gasteiger partial charge in [-0.25, -0.2) is 0 Å². The third-order valence-corrected chi connectivity index (χ3v) is 4.87. The zero-order chi connectivity index (χ0) is 22.2. The number of carbonyl (C=O) groups excluding carboxylic acids is 2. The van der Waals surface area contributed by atoms with E-state index in [1.807, 2.05) is 62.4 Å². The quantitative estimate of drug-likeness (QED) is 0.182. The predicted octanol–water partition coefficient (Wildman–Crippen LogP) is 4.96. The number of carbonyl (C=O) groups is 2. The largest absolute Gasteiger partial charge is 0.466 e. The monoisotopic (exact) mass is 450 g/mol. The Morgan fingerprint density at radius 3 is 1.67 bits per heavy atom. The molecule has 0 unspecified atom stereocenters. The molecule has 0 atom stereocenters. The molecule has 0 heterocycles. The normalized spacial score (nSPS) is 10.0. The highest BCUT2D eigenvalue weighted by Gasteiger charge is 2.04. The molecular weight excluding hydrogens is 420 g/mol. The molecule has 0 amide bonds. The molecule has 0 aromatic heterocycles. The molecule has 164 valence electrons. The van der Waals surface area contributed by atoms with Crippen LogP contribution in [0.25, 0.3) is 0 Å². The second-order valence-electron chi connectivity index (χ2n) is 6.03. The van der Waals surface area contributed by atoms with Crippen molar-refractivity contribution in [1.82, 2.24) is 0 Å². The van der Waals surface area contributed by atoms with Crippen LogP contribution in [0.1, 0.15) is 31.9 Å². The SMILES string of the molecule is CCOC(=O)Cc1ccc(S)cc1.CCOCSc1ccc(CC(=O)OCC)cc1. The van der Waals surface area contributed by atoms with Crippen molar-refractivity contribution in [2.45, 2.75) is 43.4 Å². The topological polar surface area (TPSA) is 61.8 Å². The number of benzene rings is 2. The maximum Gasteiger partial charge on any atom is 0.310 e. The maximum absolute atomic E-state index is 11.3. The molecule has 5 nitrogen and oxygen atoms in total. The fourth-order valence-corrected chi connectivity index (χ4v) is 3.13. The first kappa shape index (κ1) is 26.1. The van der Waals surface area contributed by atoms with Gasteiger partial charge in [0.05, 0.1) is 32.0 Å². The lowest BCUT2D eigenvalue weighted by atomic mass is 10.1. The highest BCUT2D eigenvalue weighted by Crippen LogP contribution is 2.18. The summed E-state index contributed by atoms with van der Waals surface area (Å²) >= 11 is 5.79. The van der Waals surface area contributed by atoms with E-state index < -0.39 is 0 Å². The van der Waals surface area contributed by atoms with Gasteiger partial charge in [0, 0.05) is 16.4 Å². The van der Waals surface area contributed by atoms with Crippen molar-refractivity contribution in [3.05, 3.63) is 59.7 Å². The number of esters is 2. The maximum atomic E-state index is 11.3. The lowest BCUT2D eigenvalue weighted by molar-refractivity contribution is -0.143. The van der Waals surface area contributed by atoms with Gasteiger partial charge < -0.3 is 14.2 Å². The predicted molar refractivity (Wildman–Crippen MR) is 123 cm³/mol. The van der Waals surface area contributed by atoms with Gasteiger partial charge in [0.25, 0.3) is 0 Å². The van der Waals surface area contributed by atoms with Gasteiger partial charge >= 0.3 is 11.9 Å². The second-order valence-corrected chi connectivity index (χ2v) is 7.54. The minimum atomic E-state index is -0.186. The van der Waals surface area contributed by atoms with Crippen LogP contribution in [-0.4, -0.2) is 37.7 Å². The van der Waals surface area contributed by atoms with E-state index in [-0.39, 0.29) is 11.9 Å². The van der Waals surface area contributed by atoms with Crippen LogP contribution in [0.5, 0.6) is 0 Å². The molecule has 0 aliphatic heterocycles. The number of rotatable bonds is 10. The minimum Gasteiger partial charge on any atom is -0.466 e. The van der Waals surface area contributed by atoms with Gasteiger partial charge in [0.2, 0.25) is 0 Å². The first-order chi connectivity index (χ1) is 14.5. The third kappa shape index (κ3) is 11.9. The minimum absolute atomic E-state index is 0.179. The van der Waals surface area contributed by atoms with E-state index in [4.69, 9.17) is 14.2 Å². The lowest BCUT2D eigenvalue weighted by Gasteiger charge is -2.04. The standard InChI is InChI=1S/C13H18O3S.C10H12O2S/c1-3-15-10-17-12-7-5-11(6-8-12)9-13(14)16-4-2;1-2-12-10(11)7-8-3-5-9(13)6-4-8/h5-8H,3-4,9-10H2,1-2H3;3-6,13H,2,7H2,1H3. The number of hydrogen-bond donors (Lipinski definition) is 1. The molecule has 0 saturated heterocycles. The van der Waals surface area contributed by atoms with E-state index >= 15 is 0 Å². The lowest BCUT2D eigenvalue weighted by Crippen LogP contribution is -2.07. The van der Waals surface area contributed by atoms with Crippen LogP contribution < -0.4 is 0 Å². The molecule has 0 radical (unpaired) electrons. The van der Waals surface area contributed by atoms with Crippen LogP contribution in [-0.2, 0) is 36.6 Å². The first-order valence-corrected chi connectivity index (χ1v) is 11.3. The molecule has 0 spiro atoms.